The SMILES string of the molecule is CCNc1cc(Oc2ccc(NC(=O)c3c(N(C)C)c4ncsc4n(-c4ccc(F)cc4)c3=O)cc2F)ccn1. The molecule has 5 aromatic rings. The van der Waals surface area contributed by atoms with Gasteiger partial charge in [-0.1, -0.05) is 0 Å². The van der Waals surface area contributed by atoms with Crippen molar-refractivity contribution < 1.29 is 18.3 Å². The minimum atomic E-state index is -0.753. The van der Waals surface area contributed by atoms with Crippen molar-refractivity contribution >= 4 is 44.8 Å². The predicted octanol–water partition coefficient (Wildman–Crippen LogP) is 5.66. The van der Waals surface area contributed by atoms with Crippen LogP contribution in [0, 0.1) is 11.6 Å². The van der Waals surface area contributed by atoms with Crippen molar-refractivity contribution in [3.8, 4) is 17.2 Å². The number of fused-ring (bicyclic) bond motifs is 1. The van der Waals surface area contributed by atoms with Gasteiger partial charge in [-0.05, 0) is 49.4 Å². The number of thiazole rings is 1. The lowest BCUT2D eigenvalue weighted by Crippen LogP contribution is -2.32. The number of hydrogen-bond donors (Lipinski definition) is 2. The van der Waals surface area contributed by atoms with E-state index in [-0.39, 0.29) is 17.0 Å². The second-order valence-electron chi connectivity index (χ2n) is 8.85. The maximum absolute atomic E-state index is 15.0. The number of amides is 1. The Morgan fingerprint density at radius 1 is 1.07 bits per heavy atom. The number of carbonyl (C=O) groups excluding carboxylic acids is 1. The van der Waals surface area contributed by atoms with Crippen LogP contribution >= 0.6 is 11.3 Å². The van der Waals surface area contributed by atoms with E-state index in [4.69, 9.17) is 4.74 Å². The van der Waals surface area contributed by atoms with Gasteiger partial charge in [0.2, 0.25) is 0 Å². The molecule has 3 aromatic heterocycles. The summed E-state index contributed by atoms with van der Waals surface area (Å²) in [6, 6.07) is 12.6. The Morgan fingerprint density at radius 2 is 1.85 bits per heavy atom. The molecule has 9 nitrogen and oxygen atoms in total. The van der Waals surface area contributed by atoms with Crippen molar-refractivity contribution in [1.82, 2.24) is 14.5 Å². The van der Waals surface area contributed by atoms with Crippen LogP contribution in [-0.4, -0.2) is 41.1 Å². The monoisotopic (exact) mass is 562 g/mol. The Hall–Kier alpha value is -4.84. The molecular weight excluding hydrogens is 538 g/mol. The summed E-state index contributed by atoms with van der Waals surface area (Å²) in [5.41, 5.74) is 1.98. The fraction of sp³-hybridized carbons (Fsp3) is 0.143. The maximum atomic E-state index is 15.0. The van der Waals surface area contributed by atoms with E-state index < -0.39 is 23.1 Å². The molecule has 3 heterocycles. The average molecular weight is 563 g/mol. The number of anilines is 3. The van der Waals surface area contributed by atoms with Crippen LogP contribution in [0.2, 0.25) is 0 Å². The highest BCUT2D eigenvalue weighted by molar-refractivity contribution is 7.16. The minimum Gasteiger partial charge on any atom is -0.454 e. The van der Waals surface area contributed by atoms with Crippen molar-refractivity contribution in [2.45, 2.75) is 6.92 Å². The van der Waals surface area contributed by atoms with Gasteiger partial charge in [0, 0.05) is 44.7 Å². The van der Waals surface area contributed by atoms with E-state index in [1.165, 1.54) is 52.3 Å². The molecule has 40 heavy (non-hydrogen) atoms. The molecule has 0 aliphatic carbocycles. The van der Waals surface area contributed by atoms with E-state index in [0.717, 1.165) is 6.07 Å². The summed E-state index contributed by atoms with van der Waals surface area (Å²) in [5, 5.41) is 5.67. The van der Waals surface area contributed by atoms with Gasteiger partial charge in [0.1, 0.15) is 33.3 Å². The van der Waals surface area contributed by atoms with Crippen LogP contribution in [0.4, 0.5) is 26.0 Å². The Balaban J connectivity index is 1.50. The highest BCUT2D eigenvalue weighted by atomic mass is 32.1. The lowest BCUT2D eigenvalue weighted by molar-refractivity contribution is 0.102. The molecule has 0 fully saturated rings. The first-order valence-corrected chi connectivity index (χ1v) is 13.1. The highest BCUT2D eigenvalue weighted by Gasteiger charge is 2.26. The van der Waals surface area contributed by atoms with Gasteiger partial charge in [0.25, 0.3) is 11.5 Å². The summed E-state index contributed by atoms with van der Waals surface area (Å²) < 4.78 is 35.6. The van der Waals surface area contributed by atoms with E-state index in [2.05, 4.69) is 20.6 Å². The van der Waals surface area contributed by atoms with E-state index in [1.54, 1.807) is 42.8 Å². The topological polar surface area (TPSA) is 101 Å². The summed E-state index contributed by atoms with van der Waals surface area (Å²) in [7, 11) is 3.39. The number of pyridine rings is 2. The first-order chi connectivity index (χ1) is 19.3. The summed E-state index contributed by atoms with van der Waals surface area (Å²) in [6.07, 6.45) is 1.54. The number of ether oxygens (including phenoxy) is 1. The lowest BCUT2D eigenvalue weighted by Gasteiger charge is -2.20. The van der Waals surface area contributed by atoms with Gasteiger partial charge in [-0.25, -0.2) is 18.7 Å². The lowest BCUT2D eigenvalue weighted by atomic mass is 10.1. The Morgan fingerprint density at radius 3 is 2.55 bits per heavy atom. The summed E-state index contributed by atoms with van der Waals surface area (Å²) in [6.45, 7) is 2.59. The molecule has 0 bridgehead atoms. The zero-order valence-corrected chi connectivity index (χ0v) is 22.6. The smallest absolute Gasteiger partial charge is 0.271 e. The predicted molar refractivity (Wildman–Crippen MR) is 152 cm³/mol. The third-order valence-corrected chi connectivity index (χ3v) is 6.71. The van der Waals surface area contributed by atoms with Gasteiger partial charge in [-0.2, -0.15) is 0 Å². The van der Waals surface area contributed by atoms with Crippen LogP contribution in [0.15, 0.2) is 71.1 Å². The number of aromatic nitrogens is 3. The number of nitrogens with one attached hydrogen (secondary N) is 2. The summed E-state index contributed by atoms with van der Waals surface area (Å²) >= 11 is 1.22. The van der Waals surface area contributed by atoms with Gasteiger partial charge in [-0.3, -0.25) is 14.2 Å². The molecule has 0 unspecified atom stereocenters. The van der Waals surface area contributed by atoms with E-state index in [9.17, 15) is 18.4 Å². The maximum Gasteiger partial charge on any atom is 0.271 e. The van der Waals surface area contributed by atoms with E-state index >= 15 is 0 Å². The highest BCUT2D eigenvalue weighted by Crippen LogP contribution is 2.32. The minimum absolute atomic E-state index is 0.0526. The molecule has 204 valence electrons. The number of halogens is 2. The van der Waals surface area contributed by atoms with Crippen molar-refractivity contribution in [3.05, 3.63) is 93.9 Å². The zero-order chi connectivity index (χ0) is 28.4. The molecule has 0 aliphatic heterocycles. The first kappa shape index (κ1) is 26.8. The molecule has 0 saturated heterocycles. The molecule has 5 rings (SSSR count). The second kappa shape index (κ2) is 11.1. The van der Waals surface area contributed by atoms with Crippen LogP contribution in [-0.2, 0) is 0 Å². The molecule has 0 aliphatic rings. The summed E-state index contributed by atoms with van der Waals surface area (Å²) in [4.78, 5) is 38.0. The largest absolute Gasteiger partial charge is 0.454 e. The van der Waals surface area contributed by atoms with Crippen molar-refractivity contribution in [1.29, 1.82) is 0 Å². The Labute approximate surface area is 231 Å². The number of benzene rings is 2. The average Bonchev–Trinajstić information content (AvgIpc) is 3.39. The third kappa shape index (κ3) is 5.21. The van der Waals surface area contributed by atoms with Gasteiger partial charge in [0.05, 0.1) is 16.9 Å². The third-order valence-electron chi connectivity index (χ3n) is 5.90. The Kier molecular flexibility index (Phi) is 7.43. The van der Waals surface area contributed by atoms with Gasteiger partial charge < -0.3 is 20.3 Å². The van der Waals surface area contributed by atoms with Crippen LogP contribution in [0.25, 0.3) is 16.0 Å². The van der Waals surface area contributed by atoms with Gasteiger partial charge in [0.15, 0.2) is 11.6 Å². The van der Waals surface area contributed by atoms with Gasteiger partial charge >= 0.3 is 0 Å². The van der Waals surface area contributed by atoms with Crippen LogP contribution < -0.4 is 25.8 Å². The number of nitrogens with zero attached hydrogens (tertiary/aromatic N) is 4. The first-order valence-electron chi connectivity index (χ1n) is 12.2. The van der Waals surface area contributed by atoms with E-state index in [0.29, 0.717) is 39.8 Å². The molecule has 0 radical (unpaired) electrons. The normalized spacial score (nSPS) is 10.9. The van der Waals surface area contributed by atoms with Crippen LogP contribution in [0.1, 0.15) is 17.3 Å². The molecule has 2 N–H and O–H groups in total. The number of rotatable bonds is 8. The van der Waals surface area contributed by atoms with E-state index in [1.807, 2.05) is 6.92 Å². The molecule has 2 aromatic carbocycles. The molecule has 1 amide bonds. The number of carbonyl (C=O) groups is 1. The molecular formula is C28H24F2N6O3S. The van der Waals surface area contributed by atoms with Crippen molar-refractivity contribution in [2.75, 3.05) is 36.2 Å². The standard InChI is InChI=1S/C28H24F2N6O3S/c1-4-31-22-14-19(11-12-32-22)39-21-10-7-17(13-20(21)30)34-26(37)23-25(35(2)3)24-28(40-15-33-24)36(27(23)38)18-8-5-16(29)6-9-18/h5-15H,4H2,1-3H3,(H,31,32)(H,34,37). The molecule has 0 saturated carbocycles. The van der Waals surface area contributed by atoms with Crippen molar-refractivity contribution in [2.24, 2.45) is 0 Å². The fourth-order valence-electron chi connectivity index (χ4n) is 4.18. The second-order valence-corrected chi connectivity index (χ2v) is 9.68. The molecule has 12 heteroatoms. The van der Waals surface area contributed by atoms with Crippen LogP contribution in [0.5, 0.6) is 11.5 Å². The molecule has 0 atom stereocenters. The fourth-order valence-corrected chi connectivity index (χ4v) is 5.00. The summed E-state index contributed by atoms with van der Waals surface area (Å²) in [5.74, 6) is -1.01. The van der Waals surface area contributed by atoms with Crippen LogP contribution in [0.3, 0.4) is 0 Å². The zero-order valence-electron chi connectivity index (χ0n) is 21.7. The molecule has 0 spiro atoms. The van der Waals surface area contributed by atoms with Gasteiger partial charge in [-0.15, -0.1) is 11.3 Å². The Bertz CT molecular complexity index is 1770. The number of hydrogen-bond acceptors (Lipinski definition) is 8. The quantitative estimate of drug-likeness (QED) is 0.252. The van der Waals surface area contributed by atoms with Crippen molar-refractivity contribution in [3.63, 3.8) is 0 Å².